The van der Waals surface area contributed by atoms with E-state index in [1.54, 1.807) is 0 Å². The van der Waals surface area contributed by atoms with Gasteiger partial charge in [0.1, 0.15) is 31.0 Å². The molecule has 0 unspecified atom stereocenters. The average molecular weight is 491 g/mol. The van der Waals surface area contributed by atoms with E-state index in [0.717, 1.165) is 17.1 Å². The molecule has 0 fully saturated rings. The number of aliphatic hydroxyl groups is 6. The second-order valence-corrected chi connectivity index (χ2v) is 8.25. The summed E-state index contributed by atoms with van der Waals surface area (Å²) in [6.07, 6.45) is -6.32. The molecule has 12 nitrogen and oxygen atoms in total. The summed E-state index contributed by atoms with van der Waals surface area (Å²) in [5, 5.41) is 64.9. The molecule has 12 heteroatoms. The highest BCUT2D eigenvalue weighted by Gasteiger charge is 2.36. The number of carbonyl (C=O) groups is 2. The first-order valence-corrected chi connectivity index (χ1v) is 10.2. The van der Waals surface area contributed by atoms with Crippen LogP contribution >= 0.6 is 0 Å². The normalized spacial score (nSPS) is 15.0. The van der Waals surface area contributed by atoms with Crippen LogP contribution in [0.3, 0.4) is 0 Å². The number of aromatic hydroxyl groups is 1. The maximum Gasteiger partial charge on any atom is 0.233 e. The number of allylic oxidation sites excluding steroid dienone is 1. The summed E-state index contributed by atoms with van der Waals surface area (Å²) < 4.78 is 10.7. The second kappa shape index (κ2) is 14.6. The second-order valence-electron chi connectivity index (χ2n) is 8.25. The molecule has 1 rings (SSSR count). The number of carbonyl (C=O) groups excluding carboxylic acids is 2. The van der Waals surface area contributed by atoms with Crippen molar-refractivity contribution < 1.29 is 59.3 Å². The van der Waals surface area contributed by atoms with E-state index in [1.807, 2.05) is 0 Å². The van der Waals surface area contributed by atoms with E-state index in [2.05, 4.69) is 21.1 Å². The highest BCUT2D eigenvalue weighted by Crippen LogP contribution is 2.37. The van der Waals surface area contributed by atoms with E-state index < -0.39 is 42.6 Å². The number of benzene rings is 1. The zero-order valence-electron chi connectivity index (χ0n) is 20.0. The summed E-state index contributed by atoms with van der Waals surface area (Å²) in [5.41, 5.74) is 0.327. The first kappa shape index (κ1) is 31.4. The van der Waals surface area contributed by atoms with Gasteiger partial charge in [-0.25, -0.2) is 0 Å². The number of hydrogen-bond acceptors (Lipinski definition) is 11. The molecule has 0 amide bonds. The molecule has 0 radical (unpaired) electrons. The highest BCUT2D eigenvalue weighted by molar-refractivity contribution is 6.43. The Labute approximate surface area is 198 Å². The first-order chi connectivity index (χ1) is 15.7. The van der Waals surface area contributed by atoms with Crippen molar-refractivity contribution >= 4 is 17.6 Å². The molecular formula is C22H36NO11+. The van der Waals surface area contributed by atoms with Crippen LogP contribution in [0.1, 0.15) is 5.56 Å². The quantitative estimate of drug-likeness (QED) is 0.0944. The number of phenolic OH excluding ortho intramolecular Hbond substituents is 1. The number of rotatable bonds is 12. The number of methoxy groups -OCH3 is 2. The summed E-state index contributed by atoms with van der Waals surface area (Å²) in [7, 11) is 8.77. The minimum absolute atomic E-state index is 0.0596. The Morgan fingerprint density at radius 3 is 1.82 bits per heavy atom. The third kappa shape index (κ3) is 10.1. The molecule has 0 aliphatic heterocycles. The molecule has 0 aliphatic carbocycles. The third-order valence-corrected chi connectivity index (χ3v) is 4.47. The van der Waals surface area contributed by atoms with Gasteiger partial charge in [-0.15, -0.1) is 0 Å². The van der Waals surface area contributed by atoms with Crippen molar-refractivity contribution in [3.8, 4) is 17.2 Å². The standard InChI is InChI=1S/C17H22O10.C5H14NO/c1-26-11-5-8(6-12(27-2)15(11)23)3-4-9(19)13(21)16(24)17(25)14(22)10(20)7-18;1-6(2,3)4-5-7/h3-6,10,14,16-18,20,22-25H,7H2,1-2H3;7H,4-5H2,1-3H3/q;+1/t10-,14-,16+,17+;/m1./s1. The van der Waals surface area contributed by atoms with Crippen molar-refractivity contribution in [3.63, 3.8) is 0 Å². The molecule has 0 saturated heterocycles. The molecule has 0 aliphatic rings. The third-order valence-electron chi connectivity index (χ3n) is 4.47. The number of aliphatic hydroxyl groups excluding tert-OH is 6. The summed E-state index contributed by atoms with van der Waals surface area (Å²) >= 11 is 0. The lowest BCUT2D eigenvalue weighted by Gasteiger charge is -2.24. The van der Waals surface area contributed by atoms with Crippen LogP contribution in [-0.4, -0.2) is 131 Å². The number of hydrogen-bond donors (Lipinski definition) is 7. The summed E-state index contributed by atoms with van der Waals surface area (Å²) in [4.78, 5) is 23.8. The van der Waals surface area contributed by atoms with Crippen LogP contribution in [0.4, 0.5) is 0 Å². The van der Waals surface area contributed by atoms with E-state index >= 15 is 0 Å². The molecule has 7 N–H and O–H groups in total. The predicted octanol–water partition coefficient (Wildman–Crippen LogP) is -2.32. The summed E-state index contributed by atoms with van der Waals surface area (Å²) in [6.45, 7) is 0.195. The van der Waals surface area contributed by atoms with Gasteiger partial charge in [-0.2, -0.15) is 0 Å². The Balaban J connectivity index is 0.00000135. The lowest BCUT2D eigenvalue weighted by molar-refractivity contribution is -0.870. The molecule has 0 heterocycles. The molecule has 4 atom stereocenters. The van der Waals surface area contributed by atoms with Crippen molar-refractivity contribution in [1.29, 1.82) is 0 Å². The zero-order valence-corrected chi connectivity index (χ0v) is 20.0. The van der Waals surface area contributed by atoms with Gasteiger partial charge in [-0.05, 0) is 23.8 Å². The molecule has 1 aromatic rings. The van der Waals surface area contributed by atoms with Gasteiger partial charge in [0, 0.05) is 0 Å². The number of Topliss-reactive ketones (excluding diaryl/α,β-unsaturated/α-hetero) is 1. The minimum atomic E-state index is -2.30. The van der Waals surface area contributed by atoms with E-state index in [4.69, 9.17) is 19.7 Å². The van der Waals surface area contributed by atoms with Gasteiger partial charge in [0.05, 0.1) is 48.6 Å². The fourth-order valence-corrected chi connectivity index (χ4v) is 2.39. The smallest absolute Gasteiger partial charge is 0.233 e. The van der Waals surface area contributed by atoms with E-state index in [-0.39, 0.29) is 23.9 Å². The molecule has 0 spiro atoms. The van der Waals surface area contributed by atoms with Crippen molar-refractivity contribution in [3.05, 3.63) is 23.8 Å². The Morgan fingerprint density at radius 1 is 0.971 bits per heavy atom. The Bertz CT molecular complexity index is 795. The summed E-state index contributed by atoms with van der Waals surface area (Å²) in [5.74, 6) is -2.76. The number of quaternary nitrogens is 1. The van der Waals surface area contributed by atoms with Crippen molar-refractivity contribution in [2.24, 2.45) is 0 Å². The van der Waals surface area contributed by atoms with Crippen LogP contribution in [-0.2, 0) is 9.59 Å². The van der Waals surface area contributed by atoms with Crippen molar-refractivity contribution in [2.45, 2.75) is 24.4 Å². The molecule has 34 heavy (non-hydrogen) atoms. The number of nitrogens with zero attached hydrogens (tertiary/aromatic N) is 1. The highest BCUT2D eigenvalue weighted by atomic mass is 16.5. The molecule has 0 aromatic heterocycles. The van der Waals surface area contributed by atoms with E-state index in [9.17, 15) is 35.1 Å². The van der Waals surface area contributed by atoms with Gasteiger partial charge >= 0.3 is 0 Å². The molecule has 0 bridgehead atoms. The van der Waals surface area contributed by atoms with Gasteiger partial charge in [0.2, 0.25) is 17.3 Å². The van der Waals surface area contributed by atoms with Gasteiger partial charge < -0.3 is 49.7 Å². The molecular weight excluding hydrogens is 454 g/mol. The lowest BCUT2D eigenvalue weighted by atomic mass is 9.98. The van der Waals surface area contributed by atoms with Gasteiger partial charge in [-0.1, -0.05) is 6.08 Å². The maximum atomic E-state index is 11.9. The fraction of sp³-hybridized carbons (Fsp3) is 0.545. The monoisotopic (exact) mass is 490 g/mol. The largest absolute Gasteiger partial charge is 0.502 e. The molecule has 0 saturated carbocycles. The van der Waals surface area contributed by atoms with Gasteiger partial charge in [-0.3, -0.25) is 9.59 Å². The predicted molar refractivity (Wildman–Crippen MR) is 121 cm³/mol. The number of ketones is 2. The number of ether oxygens (including phenoxy) is 2. The number of phenols is 1. The van der Waals surface area contributed by atoms with Crippen LogP contribution in [0, 0.1) is 0 Å². The van der Waals surface area contributed by atoms with Gasteiger partial charge in [0.15, 0.2) is 11.5 Å². The minimum Gasteiger partial charge on any atom is -0.502 e. The van der Waals surface area contributed by atoms with Gasteiger partial charge in [0.25, 0.3) is 0 Å². The SMILES string of the molecule is COc1cc(C=CC(=O)C(=O)[C@H](O)[C@@H](O)[C@H](O)[C@H](O)CO)cc(OC)c1O.C[N+](C)(C)CCO. The number of likely N-dealkylation sites (N-methyl/N-ethyl adjacent to an activating group) is 1. The average Bonchev–Trinajstić information content (AvgIpc) is 2.80. The first-order valence-electron chi connectivity index (χ1n) is 10.2. The Kier molecular flexibility index (Phi) is 13.5. The van der Waals surface area contributed by atoms with Crippen LogP contribution in [0.15, 0.2) is 18.2 Å². The van der Waals surface area contributed by atoms with Crippen molar-refractivity contribution in [1.82, 2.24) is 0 Å². The van der Waals surface area contributed by atoms with Crippen molar-refractivity contribution in [2.75, 3.05) is 55.1 Å². The zero-order chi connectivity index (χ0) is 26.6. The van der Waals surface area contributed by atoms with Crippen LogP contribution < -0.4 is 9.47 Å². The summed E-state index contributed by atoms with van der Waals surface area (Å²) in [6, 6.07) is 2.72. The Hall–Kier alpha value is -2.58. The van der Waals surface area contributed by atoms with E-state index in [1.165, 1.54) is 32.4 Å². The van der Waals surface area contributed by atoms with E-state index in [0.29, 0.717) is 5.56 Å². The molecule has 194 valence electrons. The van der Waals surface area contributed by atoms with Crippen LogP contribution in [0.25, 0.3) is 6.08 Å². The maximum absolute atomic E-state index is 11.9. The van der Waals surface area contributed by atoms with Crippen LogP contribution in [0.2, 0.25) is 0 Å². The Morgan fingerprint density at radius 2 is 1.47 bits per heavy atom. The topological polar surface area (TPSA) is 194 Å². The lowest BCUT2D eigenvalue weighted by Crippen LogP contribution is -2.49. The molecule has 1 aromatic carbocycles. The fourth-order valence-electron chi connectivity index (χ4n) is 2.39. The van der Waals surface area contributed by atoms with Crippen LogP contribution in [0.5, 0.6) is 17.2 Å².